The number of nitrogens with one attached hydrogen (secondary N) is 1. The Balaban J connectivity index is 2.01. The summed E-state index contributed by atoms with van der Waals surface area (Å²) in [6.07, 6.45) is 0. The molecular formula is C15H9ClN4S. The number of benzene rings is 1. The minimum atomic E-state index is 0.526. The Morgan fingerprint density at radius 3 is 2.62 bits per heavy atom. The molecule has 3 aromatic heterocycles. The van der Waals surface area contributed by atoms with Gasteiger partial charge in [0.25, 0.3) is 0 Å². The quantitative estimate of drug-likeness (QED) is 0.597. The molecule has 0 aliphatic carbocycles. The number of fused-ring (bicyclic) bond motifs is 1. The predicted molar refractivity (Wildman–Crippen MR) is 85.4 cm³/mol. The lowest BCUT2D eigenvalue weighted by molar-refractivity contribution is 1.03. The predicted octanol–water partition coefficient (Wildman–Crippen LogP) is 4.40. The van der Waals surface area contributed by atoms with Gasteiger partial charge in [-0.05, 0) is 11.4 Å². The molecule has 1 N–H and O–H groups in total. The maximum absolute atomic E-state index is 6.57. The zero-order chi connectivity index (χ0) is 14.2. The molecule has 0 bridgehead atoms. The Bertz CT molecular complexity index is 900. The Hall–Kier alpha value is -2.24. The molecule has 0 aliphatic heterocycles. The third-order valence-corrected chi connectivity index (χ3v) is 4.33. The molecule has 0 amide bonds. The van der Waals surface area contributed by atoms with Crippen molar-refractivity contribution in [3.05, 3.63) is 52.2 Å². The second-order valence-electron chi connectivity index (χ2n) is 4.54. The molecule has 6 heteroatoms. The number of thiophene rings is 1. The van der Waals surface area contributed by atoms with E-state index in [4.69, 9.17) is 11.6 Å². The van der Waals surface area contributed by atoms with Crippen molar-refractivity contribution < 1.29 is 0 Å². The molecule has 3 heterocycles. The molecule has 4 nitrogen and oxygen atoms in total. The number of hydrogen-bond donors (Lipinski definition) is 1. The molecule has 0 saturated heterocycles. The highest BCUT2D eigenvalue weighted by Crippen LogP contribution is 2.36. The smallest absolute Gasteiger partial charge is 0.204 e. The van der Waals surface area contributed by atoms with Crippen molar-refractivity contribution in [3.8, 4) is 22.5 Å². The van der Waals surface area contributed by atoms with Gasteiger partial charge in [-0.1, -0.05) is 41.9 Å². The number of nitrogens with zero attached hydrogens (tertiary/aromatic N) is 3. The zero-order valence-electron chi connectivity index (χ0n) is 10.7. The summed E-state index contributed by atoms with van der Waals surface area (Å²) >= 11 is 8.17. The van der Waals surface area contributed by atoms with Crippen molar-refractivity contribution in [1.82, 2.24) is 20.4 Å². The normalized spacial score (nSPS) is 11.1. The minimum Gasteiger partial charge on any atom is -0.275 e. The molecule has 0 atom stereocenters. The molecule has 4 rings (SSSR count). The van der Waals surface area contributed by atoms with Crippen LogP contribution in [-0.2, 0) is 0 Å². The lowest BCUT2D eigenvalue weighted by atomic mass is 10.1. The molecule has 21 heavy (non-hydrogen) atoms. The van der Waals surface area contributed by atoms with E-state index in [2.05, 4.69) is 20.4 Å². The first-order chi connectivity index (χ1) is 10.3. The number of hydrogen-bond acceptors (Lipinski definition) is 4. The van der Waals surface area contributed by atoms with Gasteiger partial charge in [0.05, 0.1) is 16.1 Å². The van der Waals surface area contributed by atoms with Crippen molar-refractivity contribution in [2.24, 2.45) is 0 Å². The van der Waals surface area contributed by atoms with E-state index in [-0.39, 0.29) is 0 Å². The summed E-state index contributed by atoms with van der Waals surface area (Å²) in [6, 6.07) is 11.9. The second kappa shape index (κ2) is 4.95. The van der Waals surface area contributed by atoms with E-state index in [1.807, 2.05) is 47.2 Å². The van der Waals surface area contributed by atoms with Crippen LogP contribution >= 0.6 is 22.9 Å². The van der Waals surface area contributed by atoms with Crippen molar-refractivity contribution in [1.29, 1.82) is 0 Å². The number of rotatable bonds is 2. The number of aromatic nitrogens is 4. The van der Waals surface area contributed by atoms with Crippen LogP contribution < -0.4 is 0 Å². The van der Waals surface area contributed by atoms with Crippen LogP contribution in [-0.4, -0.2) is 20.4 Å². The van der Waals surface area contributed by atoms with Crippen LogP contribution in [0.2, 0.25) is 5.02 Å². The van der Waals surface area contributed by atoms with Crippen molar-refractivity contribution in [3.63, 3.8) is 0 Å². The van der Waals surface area contributed by atoms with E-state index >= 15 is 0 Å². The van der Waals surface area contributed by atoms with Gasteiger partial charge in [-0.15, -0.1) is 10.2 Å². The van der Waals surface area contributed by atoms with Gasteiger partial charge in [-0.3, -0.25) is 5.10 Å². The van der Waals surface area contributed by atoms with E-state index < -0.39 is 0 Å². The van der Waals surface area contributed by atoms with Crippen molar-refractivity contribution in [2.45, 2.75) is 0 Å². The van der Waals surface area contributed by atoms with Crippen LogP contribution in [0.3, 0.4) is 0 Å². The Morgan fingerprint density at radius 1 is 1.00 bits per heavy atom. The first-order valence-electron chi connectivity index (χ1n) is 6.33. The van der Waals surface area contributed by atoms with E-state index in [0.29, 0.717) is 16.4 Å². The SMILES string of the molecule is Clc1c(-c2ccsc2)nnc2n[nH]c(-c3ccccc3)c12. The Kier molecular flexibility index (Phi) is 2.94. The molecule has 0 spiro atoms. The number of aromatic amines is 1. The van der Waals surface area contributed by atoms with Gasteiger partial charge in [0, 0.05) is 16.5 Å². The second-order valence-corrected chi connectivity index (χ2v) is 5.70. The maximum atomic E-state index is 6.57. The highest BCUT2D eigenvalue weighted by atomic mass is 35.5. The third-order valence-electron chi connectivity index (χ3n) is 3.28. The topological polar surface area (TPSA) is 54.5 Å². The summed E-state index contributed by atoms with van der Waals surface area (Å²) < 4.78 is 0. The summed E-state index contributed by atoms with van der Waals surface area (Å²) in [4.78, 5) is 0. The summed E-state index contributed by atoms with van der Waals surface area (Å²) in [6.45, 7) is 0. The molecular weight excluding hydrogens is 304 g/mol. The number of halogens is 1. The highest BCUT2D eigenvalue weighted by Gasteiger charge is 2.17. The van der Waals surface area contributed by atoms with Gasteiger partial charge in [-0.25, -0.2) is 0 Å². The van der Waals surface area contributed by atoms with Crippen molar-refractivity contribution >= 4 is 34.0 Å². The highest BCUT2D eigenvalue weighted by molar-refractivity contribution is 7.08. The molecule has 4 aromatic rings. The van der Waals surface area contributed by atoms with E-state index in [1.165, 1.54) is 0 Å². The standard InChI is InChI=1S/C15H9ClN4S/c16-12-11-13(9-4-2-1-3-5-9)17-19-15(11)20-18-14(12)10-6-7-21-8-10/h1-8H,(H,17,19,20). The monoisotopic (exact) mass is 312 g/mol. The third kappa shape index (κ3) is 2.02. The average molecular weight is 313 g/mol. The molecule has 1 aromatic carbocycles. The molecule has 0 saturated carbocycles. The lowest BCUT2D eigenvalue weighted by Gasteiger charge is -2.03. The lowest BCUT2D eigenvalue weighted by Crippen LogP contribution is -1.90. The van der Waals surface area contributed by atoms with Gasteiger partial charge in [-0.2, -0.15) is 16.4 Å². The van der Waals surface area contributed by atoms with Crippen LogP contribution in [0, 0.1) is 0 Å². The fraction of sp³-hybridized carbons (Fsp3) is 0. The van der Waals surface area contributed by atoms with Gasteiger partial charge < -0.3 is 0 Å². The fourth-order valence-electron chi connectivity index (χ4n) is 2.27. The molecule has 0 radical (unpaired) electrons. The number of H-pyrrole nitrogens is 1. The van der Waals surface area contributed by atoms with E-state index in [1.54, 1.807) is 11.3 Å². The summed E-state index contributed by atoms with van der Waals surface area (Å²) in [7, 11) is 0. The minimum absolute atomic E-state index is 0.526. The van der Waals surface area contributed by atoms with Crippen LogP contribution in [0.1, 0.15) is 0 Å². The maximum Gasteiger partial charge on any atom is 0.204 e. The van der Waals surface area contributed by atoms with Gasteiger partial charge >= 0.3 is 0 Å². The summed E-state index contributed by atoms with van der Waals surface area (Å²) in [5, 5.41) is 21.0. The van der Waals surface area contributed by atoms with E-state index in [0.717, 1.165) is 22.2 Å². The summed E-state index contributed by atoms with van der Waals surface area (Å²) in [5.41, 5.74) is 4.06. The van der Waals surface area contributed by atoms with Gasteiger partial charge in [0.2, 0.25) is 5.65 Å². The van der Waals surface area contributed by atoms with Crippen LogP contribution in [0.25, 0.3) is 33.5 Å². The molecule has 0 aliphatic rings. The van der Waals surface area contributed by atoms with Crippen LogP contribution in [0.4, 0.5) is 0 Å². The van der Waals surface area contributed by atoms with E-state index in [9.17, 15) is 0 Å². The Morgan fingerprint density at radius 2 is 1.86 bits per heavy atom. The zero-order valence-corrected chi connectivity index (χ0v) is 12.3. The molecule has 0 unspecified atom stereocenters. The largest absolute Gasteiger partial charge is 0.275 e. The average Bonchev–Trinajstić information content (AvgIpc) is 3.18. The van der Waals surface area contributed by atoms with Crippen LogP contribution in [0.15, 0.2) is 47.2 Å². The van der Waals surface area contributed by atoms with Crippen molar-refractivity contribution in [2.75, 3.05) is 0 Å². The van der Waals surface area contributed by atoms with Gasteiger partial charge in [0.15, 0.2) is 0 Å². The first kappa shape index (κ1) is 12.5. The van der Waals surface area contributed by atoms with Crippen LogP contribution in [0.5, 0.6) is 0 Å². The summed E-state index contributed by atoms with van der Waals surface area (Å²) in [5.74, 6) is 0. The Labute approximate surface area is 129 Å². The first-order valence-corrected chi connectivity index (χ1v) is 7.65. The fourth-order valence-corrected chi connectivity index (χ4v) is 3.24. The van der Waals surface area contributed by atoms with Gasteiger partial charge in [0.1, 0.15) is 5.69 Å². The molecule has 0 fully saturated rings. The molecule has 102 valence electrons.